The van der Waals surface area contributed by atoms with Crippen molar-refractivity contribution in [3.8, 4) is 0 Å². The molecule has 80 valence electrons. The van der Waals surface area contributed by atoms with Gasteiger partial charge < -0.3 is 5.73 Å². The molecular weight excluding hydrogens is 176 g/mol. The van der Waals surface area contributed by atoms with Gasteiger partial charge in [0.25, 0.3) is 0 Å². The van der Waals surface area contributed by atoms with Gasteiger partial charge in [-0.25, -0.2) is 4.98 Å². The van der Waals surface area contributed by atoms with Gasteiger partial charge in [-0.1, -0.05) is 13.8 Å². The van der Waals surface area contributed by atoms with Crippen molar-refractivity contribution in [3.05, 3.63) is 11.6 Å². The Morgan fingerprint density at radius 1 is 1.43 bits per heavy atom. The van der Waals surface area contributed by atoms with Crippen LogP contribution in [0.4, 0.5) is 0 Å². The third-order valence-electron chi connectivity index (χ3n) is 2.53. The summed E-state index contributed by atoms with van der Waals surface area (Å²) in [5.74, 6) is 1.78. The second kappa shape index (κ2) is 4.09. The summed E-state index contributed by atoms with van der Waals surface area (Å²) in [7, 11) is 1.91. The van der Waals surface area contributed by atoms with Gasteiger partial charge in [0.05, 0.1) is 5.54 Å². The van der Waals surface area contributed by atoms with E-state index in [0.717, 1.165) is 30.9 Å². The van der Waals surface area contributed by atoms with Crippen molar-refractivity contribution in [2.75, 3.05) is 0 Å². The minimum absolute atomic E-state index is 0.367. The summed E-state index contributed by atoms with van der Waals surface area (Å²) in [5.41, 5.74) is 5.76. The molecule has 0 saturated heterocycles. The Hall–Kier alpha value is -0.900. The molecule has 0 aliphatic heterocycles. The van der Waals surface area contributed by atoms with Gasteiger partial charge in [-0.05, 0) is 19.8 Å². The normalized spacial score (nSPS) is 15.5. The average Bonchev–Trinajstić information content (AvgIpc) is 2.48. The molecule has 0 fully saturated rings. The molecule has 0 aliphatic carbocycles. The fourth-order valence-corrected chi connectivity index (χ4v) is 1.42. The average molecular weight is 196 g/mol. The minimum atomic E-state index is -0.367. The maximum atomic E-state index is 6.12. The fourth-order valence-electron chi connectivity index (χ4n) is 1.42. The fraction of sp³-hybridized carbons (Fsp3) is 0.800. The first-order valence-corrected chi connectivity index (χ1v) is 5.20. The molecule has 0 aromatic carbocycles. The van der Waals surface area contributed by atoms with E-state index in [-0.39, 0.29) is 5.54 Å². The first-order valence-electron chi connectivity index (χ1n) is 5.20. The van der Waals surface area contributed by atoms with E-state index in [4.69, 9.17) is 5.73 Å². The zero-order valence-electron chi connectivity index (χ0n) is 9.54. The predicted octanol–water partition coefficient (Wildman–Crippen LogP) is 1.35. The maximum absolute atomic E-state index is 6.12. The molecule has 1 unspecified atom stereocenters. The molecule has 0 bridgehead atoms. The van der Waals surface area contributed by atoms with Crippen molar-refractivity contribution in [1.29, 1.82) is 0 Å². The van der Waals surface area contributed by atoms with Gasteiger partial charge in [0.1, 0.15) is 5.82 Å². The van der Waals surface area contributed by atoms with Crippen molar-refractivity contribution < 1.29 is 0 Å². The number of rotatable bonds is 4. The van der Waals surface area contributed by atoms with Gasteiger partial charge >= 0.3 is 0 Å². The van der Waals surface area contributed by atoms with Crippen LogP contribution in [0.5, 0.6) is 0 Å². The number of aromatic nitrogens is 3. The van der Waals surface area contributed by atoms with Gasteiger partial charge in [0, 0.05) is 13.5 Å². The molecule has 0 radical (unpaired) electrons. The molecule has 2 N–H and O–H groups in total. The van der Waals surface area contributed by atoms with Gasteiger partial charge in [-0.3, -0.25) is 4.68 Å². The standard InChI is InChI=1S/C10H20N4/c1-5-7-8-12-9(14(4)13-8)10(3,11)6-2/h5-7,11H2,1-4H3. The second-order valence-corrected chi connectivity index (χ2v) is 4.00. The van der Waals surface area contributed by atoms with E-state index < -0.39 is 0 Å². The second-order valence-electron chi connectivity index (χ2n) is 4.00. The van der Waals surface area contributed by atoms with Gasteiger partial charge in [-0.2, -0.15) is 5.10 Å². The Labute approximate surface area is 85.5 Å². The van der Waals surface area contributed by atoms with E-state index in [1.54, 1.807) is 4.68 Å². The molecule has 14 heavy (non-hydrogen) atoms. The predicted molar refractivity (Wildman–Crippen MR) is 56.8 cm³/mol. The topological polar surface area (TPSA) is 56.7 Å². The SMILES string of the molecule is CCCc1nc(C(C)(N)CC)n(C)n1. The van der Waals surface area contributed by atoms with E-state index in [1.165, 1.54) is 0 Å². The Bertz CT molecular complexity index is 301. The number of hydrogen-bond acceptors (Lipinski definition) is 3. The van der Waals surface area contributed by atoms with Crippen LogP contribution in [0, 0.1) is 0 Å². The van der Waals surface area contributed by atoms with Crippen molar-refractivity contribution in [3.63, 3.8) is 0 Å². The molecule has 1 heterocycles. The molecule has 1 rings (SSSR count). The first kappa shape index (κ1) is 11.2. The van der Waals surface area contributed by atoms with Crippen LogP contribution >= 0.6 is 0 Å². The van der Waals surface area contributed by atoms with E-state index in [1.807, 2.05) is 14.0 Å². The zero-order valence-corrected chi connectivity index (χ0v) is 9.54. The van der Waals surface area contributed by atoms with Crippen LogP contribution in [0.25, 0.3) is 0 Å². The smallest absolute Gasteiger partial charge is 0.151 e. The zero-order chi connectivity index (χ0) is 10.8. The summed E-state index contributed by atoms with van der Waals surface area (Å²) >= 11 is 0. The number of nitrogens with zero attached hydrogens (tertiary/aromatic N) is 3. The maximum Gasteiger partial charge on any atom is 0.151 e. The van der Waals surface area contributed by atoms with Crippen LogP contribution in [0.1, 0.15) is 45.3 Å². The van der Waals surface area contributed by atoms with Crippen molar-refractivity contribution in [1.82, 2.24) is 14.8 Å². The van der Waals surface area contributed by atoms with Crippen LogP contribution in [0.3, 0.4) is 0 Å². The quantitative estimate of drug-likeness (QED) is 0.791. The lowest BCUT2D eigenvalue weighted by molar-refractivity contribution is 0.423. The van der Waals surface area contributed by atoms with E-state index in [0.29, 0.717) is 0 Å². The Morgan fingerprint density at radius 3 is 2.57 bits per heavy atom. The summed E-state index contributed by atoms with van der Waals surface area (Å²) < 4.78 is 1.80. The molecule has 0 aliphatic rings. The van der Waals surface area contributed by atoms with E-state index in [2.05, 4.69) is 23.9 Å². The van der Waals surface area contributed by atoms with Crippen LogP contribution in [0.15, 0.2) is 0 Å². The highest BCUT2D eigenvalue weighted by Crippen LogP contribution is 2.18. The Balaban J connectivity index is 2.98. The Kier molecular flexibility index (Phi) is 3.26. The molecule has 1 atom stereocenters. The molecule has 0 spiro atoms. The molecular formula is C10H20N4. The summed E-state index contributed by atoms with van der Waals surface area (Å²) in [6.07, 6.45) is 2.86. The lowest BCUT2D eigenvalue weighted by atomic mass is 10.00. The summed E-state index contributed by atoms with van der Waals surface area (Å²) in [5, 5.41) is 4.34. The molecule has 0 amide bonds. The lowest BCUT2D eigenvalue weighted by Crippen LogP contribution is -2.35. The van der Waals surface area contributed by atoms with E-state index >= 15 is 0 Å². The highest BCUT2D eigenvalue weighted by atomic mass is 15.3. The van der Waals surface area contributed by atoms with Crippen LogP contribution < -0.4 is 5.73 Å². The van der Waals surface area contributed by atoms with Crippen molar-refractivity contribution >= 4 is 0 Å². The molecule has 1 aromatic heterocycles. The van der Waals surface area contributed by atoms with Crippen LogP contribution in [-0.2, 0) is 19.0 Å². The highest BCUT2D eigenvalue weighted by Gasteiger charge is 2.25. The van der Waals surface area contributed by atoms with Gasteiger partial charge in [0.2, 0.25) is 0 Å². The van der Waals surface area contributed by atoms with Crippen LogP contribution in [-0.4, -0.2) is 14.8 Å². The lowest BCUT2D eigenvalue weighted by Gasteiger charge is -2.20. The first-order chi connectivity index (χ1) is 6.51. The minimum Gasteiger partial charge on any atom is -0.319 e. The third kappa shape index (κ3) is 2.12. The van der Waals surface area contributed by atoms with E-state index in [9.17, 15) is 0 Å². The number of hydrogen-bond donors (Lipinski definition) is 1. The molecule has 4 heteroatoms. The highest BCUT2D eigenvalue weighted by molar-refractivity contribution is 5.04. The summed E-state index contributed by atoms with van der Waals surface area (Å²) in [4.78, 5) is 4.47. The van der Waals surface area contributed by atoms with Crippen LogP contribution in [0.2, 0.25) is 0 Å². The largest absolute Gasteiger partial charge is 0.319 e. The van der Waals surface area contributed by atoms with Gasteiger partial charge in [0.15, 0.2) is 5.82 Å². The summed E-state index contributed by atoms with van der Waals surface area (Å²) in [6, 6.07) is 0. The Morgan fingerprint density at radius 2 is 2.07 bits per heavy atom. The summed E-state index contributed by atoms with van der Waals surface area (Å²) in [6.45, 7) is 6.18. The molecule has 4 nitrogen and oxygen atoms in total. The number of aryl methyl sites for hydroxylation is 2. The number of nitrogens with two attached hydrogens (primary N) is 1. The monoisotopic (exact) mass is 196 g/mol. The molecule has 1 aromatic rings. The molecule has 0 saturated carbocycles. The third-order valence-corrected chi connectivity index (χ3v) is 2.53. The van der Waals surface area contributed by atoms with Crippen molar-refractivity contribution in [2.45, 2.75) is 45.6 Å². The van der Waals surface area contributed by atoms with Crippen molar-refractivity contribution in [2.24, 2.45) is 12.8 Å². The van der Waals surface area contributed by atoms with Gasteiger partial charge in [-0.15, -0.1) is 0 Å².